The van der Waals surface area contributed by atoms with Crippen LogP contribution >= 0.6 is 0 Å². The van der Waals surface area contributed by atoms with E-state index in [2.05, 4.69) is 160 Å². The summed E-state index contributed by atoms with van der Waals surface area (Å²) in [4.78, 5) is 14.2. The number of nitrogens with zero attached hydrogens (tertiary/aromatic N) is 4. The summed E-state index contributed by atoms with van der Waals surface area (Å²) in [6.07, 6.45) is 5.74. The molecule has 0 unspecified atom stereocenters. The van der Waals surface area contributed by atoms with Crippen LogP contribution in [-0.4, -0.2) is 27.6 Å². The first kappa shape index (κ1) is 40.7. The fraction of sp³-hybridized carbons (Fsp3) is 0.196. The average molecular weight is 953 g/mol. The van der Waals surface area contributed by atoms with E-state index in [1.807, 2.05) is 54.9 Å². The van der Waals surface area contributed by atoms with E-state index in [9.17, 15) is 0 Å². The summed E-state index contributed by atoms with van der Waals surface area (Å²) < 4.78 is 8.77. The Labute approximate surface area is 356 Å². The number of benzene rings is 5. The zero-order valence-corrected chi connectivity index (χ0v) is 37.8. The third kappa shape index (κ3) is 7.87. The molecule has 5 nitrogen and oxygen atoms in total. The molecular weight excluding hydrogens is 905 g/mol. The molecular formula is C51H48IrN4OSi-2. The van der Waals surface area contributed by atoms with E-state index in [1.54, 1.807) is 0 Å². The van der Waals surface area contributed by atoms with Crippen molar-refractivity contribution in [3.63, 3.8) is 0 Å². The molecule has 0 saturated heterocycles. The van der Waals surface area contributed by atoms with Gasteiger partial charge in [-0.15, -0.1) is 54.1 Å². The van der Waals surface area contributed by atoms with Gasteiger partial charge in [0.05, 0.1) is 36.7 Å². The second kappa shape index (κ2) is 16.8. The molecule has 0 N–H and O–H groups in total. The number of furan rings is 1. The summed E-state index contributed by atoms with van der Waals surface area (Å²) in [6, 6.07) is 46.5. The molecule has 0 spiro atoms. The summed E-state index contributed by atoms with van der Waals surface area (Å²) in [5.74, 6) is 1.38. The fourth-order valence-corrected chi connectivity index (χ4v) is 9.55. The summed E-state index contributed by atoms with van der Waals surface area (Å²) in [7, 11) is -1.27. The summed E-state index contributed by atoms with van der Waals surface area (Å²) in [5.41, 5.74) is 14.0. The topological polar surface area (TPSA) is 56.7 Å². The maximum absolute atomic E-state index is 6.46. The van der Waals surface area contributed by atoms with E-state index < -0.39 is 8.07 Å². The van der Waals surface area contributed by atoms with E-state index in [-0.39, 0.29) is 31.9 Å². The van der Waals surface area contributed by atoms with Crippen LogP contribution in [0.5, 0.6) is 0 Å². The maximum Gasteiger partial charge on any atom is 0.120 e. The predicted molar refractivity (Wildman–Crippen MR) is 240 cm³/mol. The minimum Gasteiger partial charge on any atom is -0.501 e. The van der Waals surface area contributed by atoms with Gasteiger partial charge < -0.3 is 14.0 Å². The van der Waals surface area contributed by atoms with Crippen LogP contribution < -0.4 is 5.19 Å². The number of rotatable bonds is 7. The molecule has 0 fully saturated rings. The Kier molecular flexibility index (Phi) is 11.8. The van der Waals surface area contributed by atoms with Crippen molar-refractivity contribution in [2.45, 2.75) is 66.1 Å². The molecule has 7 heteroatoms. The molecule has 0 aliphatic rings. The van der Waals surface area contributed by atoms with Crippen LogP contribution in [0.4, 0.5) is 0 Å². The number of para-hydroxylation sites is 1. The van der Waals surface area contributed by atoms with Crippen molar-refractivity contribution >= 4 is 46.2 Å². The van der Waals surface area contributed by atoms with Gasteiger partial charge in [-0.2, -0.15) is 0 Å². The van der Waals surface area contributed by atoms with Crippen molar-refractivity contribution in [3.8, 4) is 39.5 Å². The first-order chi connectivity index (χ1) is 27.5. The van der Waals surface area contributed by atoms with Gasteiger partial charge in [0, 0.05) is 43.6 Å². The number of hydrogen-bond acceptors (Lipinski definition) is 4. The second-order valence-corrected chi connectivity index (χ2v) is 21.5. The number of pyridine rings is 2. The molecule has 58 heavy (non-hydrogen) atoms. The number of aromatic nitrogens is 4. The molecule has 5 aromatic carbocycles. The summed E-state index contributed by atoms with van der Waals surface area (Å²) >= 11 is 0. The molecule has 0 aliphatic heterocycles. The van der Waals surface area contributed by atoms with E-state index in [1.165, 1.54) is 38.7 Å². The first-order valence-electron chi connectivity index (χ1n) is 19.8. The molecule has 0 aliphatic carbocycles. The van der Waals surface area contributed by atoms with Gasteiger partial charge >= 0.3 is 0 Å². The average Bonchev–Trinajstić information content (AvgIpc) is 3.79. The first-order valence-corrected chi connectivity index (χ1v) is 23.3. The Bertz CT molecular complexity index is 2820. The van der Waals surface area contributed by atoms with Crippen LogP contribution in [0.15, 0.2) is 138 Å². The molecule has 9 rings (SSSR count). The predicted octanol–water partition coefficient (Wildman–Crippen LogP) is 13.1. The molecule has 0 amide bonds. The van der Waals surface area contributed by atoms with Crippen LogP contribution in [0.3, 0.4) is 0 Å². The fourth-order valence-electron chi connectivity index (χ4n) is 7.84. The maximum atomic E-state index is 6.46. The van der Waals surface area contributed by atoms with E-state index in [4.69, 9.17) is 9.40 Å². The van der Waals surface area contributed by atoms with Crippen LogP contribution in [0.1, 0.15) is 56.2 Å². The van der Waals surface area contributed by atoms with Crippen LogP contribution in [-0.2, 0) is 20.1 Å². The number of aryl methyl sites for hydroxylation is 1. The van der Waals surface area contributed by atoms with Gasteiger partial charge in [0.1, 0.15) is 5.58 Å². The van der Waals surface area contributed by atoms with E-state index in [0.29, 0.717) is 0 Å². The van der Waals surface area contributed by atoms with Gasteiger partial charge in [-0.3, -0.25) is 9.97 Å². The molecule has 4 aromatic heterocycles. The molecule has 9 aromatic rings. The zero-order chi connectivity index (χ0) is 39.8. The number of fused-ring (bicyclic) bond motifs is 4. The smallest absolute Gasteiger partial charge is 0.120 e. The zero-order valence-electron chi connectivity index (χ0n) is 34.4. The summed E-state index contributed by atoms with van der Waals surface area (Å²) in [5, 5.41) is 3.60. The number of imidazole rings is 1. The Balaban J connectivity index is 0.000000240. The molecule has 0 bridgehead atoms. The monoisotopic (exact) mass is 953 g/mol. The molecule has 1 radical (unpaired) electrons. The molecule has 293 valence electrons. The minimum atomic E-state index is -1.27. The minimum absolute atomic E-state index is 0. The normalized spacial score (nSPS) is 11.6. The van der Waals surface area contributed by atoms with Crippen LogP contribution in [0, 0.1) is 19.1 Å². The Morgan fingerprint density at radius 1 is 0.707 bits per heavy atom. The molecule has 0 atom stereocenters. The van der Waals surface area contributed by atoms with Crippen LogP contribution in [0.2, 0.25) is 19.6 Å². The summed E-state index contributed by atoms with van der Waals surface area (Å²) in [6.45, 7) is 18.3. The van der Waals surface area contributed by atoms with Crippen molar-refractivity contribution in [2.24, 2.45) is 0 Å². The van der Waals surface area contributed by atoms with Gasteiger partial charge in [0.25, 0.3) is 0 Å². The van der Waals surface area contributed by atoms with Crippen molar-refractivity contribution in [2.75, 3.05) is 0 Å². The van der Waals surface area contributed by atoms with Gasteiger partial charge in [-0.25, -0.2) is 0 Å². The second-order valence-electron chi connectivity index (χ2n) is 16.4. The Morgan fingerprint density at radius 2 is 1.41 bits per heavy atom. The largest absolute Gasteiger partial charge is 0.501 e. The van der Waals surface area contributed by atoms with Gasteiger partial charge in [0.15, 0.2) is 0 Å². The van der Waals surface area contributed by atoms with Crippen molar-refractivity contribution < 1.29 is 24.5 Å². The molecule has 0 saturated carbocycles. The third-order valence-corrected chi connectivity index (χ3v) is 12.8. The van der Waals surface area contributed by atoms with E-state index >= 15 is 0 Å². The quantitative estimate of drug-likeness (QED) is 0.118. The Hall–Kier alpha value is -5.46. The van der Waals surface area contributed by atoms with Gasteiger partial charge in [-0.1, -0.05) is 118 Å². The number of hydrogen-bond donors (Lipinski definition) is 0. The van der Waals surface area contributed by atoms with Gasteiger partial charge in [0.2, 0.25) is 0 Å². The SMILES string of the molecule is CC(C)c1cc(-c2ccccc2)cc(C(C)C)c1-n1c(-c2[c-]ccc3c2oc2ccccc23)nc2cnccc21.Cc1cc(-c2[c-]cccc2)ncc1[Si](C)(C)C.[Ir]. The van der Waals surface area contributed by atoms with Crippen molar-refractivity contribution in [1.29, 1.82) is 0 Å². The standard InChI is InChI=1S/C36H30N3O.C15H18NSi.Ir/c1-22(2)29-19-25(24-11-6-5-7-12-24)20-30(23(3)4)34(29)39-32-17-18-37-21-31(32)38-36(39)28-15-10-14-27-26-13-8-9-16-33(26)40-35(27)28;1-12-10-14(13-8-6-5-7-9-13)16-11-15(12)17(2,3)4;/h5-14,16-23H,1-4H3;5-8,10-11H,1-4H3;/q2*-1;. The molecule has 4 heterocycles. The van der Waals surface area contributed by atoms with Crippen molar-refractivity contribution in [3.05, 3.63) is 163 Å². The van der Waals surface area contributed by atoms with Crippen molar-refractivity contribution in [1.82, 2.24) is 19.5 Å². The van der Waals surface area contributed by atoms with E-state index in [0.717, 1.165) is 55.6 Å². The van der Waals surface area contributed by atoms with Gasteiger partial charge in [-0.05, 0) is 76.2 Å². The van der Waals surface area contributed by atoms with Crippen LogP contribution in [0.25, 0.3) is 72.4 Å². The Morgan fingerprint density at radius 3 is 2.09 bits per heavy atom. The third-order valence-electron chi connectivity index (χ3n) is 10.7.